The molecule has 0 unspecified atom stereocenters. The lowest BCUT2D eigenvalue weighted by Crippen LogP contribution is -2.40. The largest absolute Gasteiger partial charge is 0.573 e. The van der Waals surface area contributed by atoms with Gasteiger partial charge in [0.05, 0.1) is 0 Å². The molecular formula is C15H20F3NO. The normalized spacial score (nSPS) is 27.4. The Morgan fingerprint density at radius 1 is 1.30 bits per heavy atom. The van der Waals surface area contributed by atoms with E-state index < -0.39 is 11.9 Å². The summed E-state index contributed by atoms with van der Waals surface area (Å²) in [4.78, 5) is 0. The summed E-state index contributed by atoms with van der Waals surface area (Å²) in [6.07, 6.45) is 0.129. The van der Waals surface area contributed by atoms with Gasteiger partial charge in [-0.05, 0) is 49.3 Å². The van der Waals surface area contributed by atoms with Crippen molar-refractivity contribution in [3.63, 3.8) is 0 Å². The van der Waals surface area contributed by atoms with E-state index in [1.165, 1.54) is 12.1 Å². The number of halogens is 3. The van der Waals surface area contributed by atoms with E-state index in [1.807, 2.05) is 0 Å². The van der Waals surface area contributed by atoms with Gasteiger partial charge < -0.3 is 10.5 Å². The van der Waals surface area contributed by atoms with Crippen LogP contribution in [0.1, 0.15) is 44.6 Å². The topological polar surface area (TPSA) is 35.2 Å². The molecule has 1 saturated carbocycles. The third-order valence-corrected chi connectivity index (χ3v) is 4.22. The number of nitrogens with two attached hydrogens (primary N) is 1. The van der Waals surface area contributed by atoms with Crippen molar-refractivity contribution in [2.45, 2.75) is 50.9 Å². The Balaban J connectivity index is 2.14. The first kappa shape index (κ1) is 15.2. The van der Waals surface area contributed by atoms with Gasteiger partial charge in [-0.25, -0.2) is 0 Å². The highest BCUT2D eigenvalue weighted by molar-refractivity contribution is 5.33. The van der Waals surface area contributed by atoms with Gasteiger partial charge in [0.25, 0.3) is 0 Å². The zero-order chi connectivity index (χ0) is 14.8. The van der Waals surface area contributed by atoms with Crippen LogP contribution < -0.4 is 10.5 Å². The average molecular weight is 287 g/mol. The molecule has 0 radical (unpaired) electrons. The van der Waals surface area contributed by atoms with Crippen molar-refractivity contribution in [2.24, 2.45) is 11.7 Å². The minimum absolute atomic E-state index is 0.197. The maximum atomic E-state index is 12.3. The quantitative estimate of drug-likeness (QED) is 0.897. The van der Waals surface area contributed by atoms with Gasteiger partial charge in [-0.1, -0.05) is 25.5 Å². The highest BCUT2D eigenvalue weighted by Gasteiger charge is 2.34. The fraction of sp³-hybridized carbons (Fsp3) is 0.600. The van der Waals surface area contributed by atoms with Gasteiger partial charge in [-0.2, -0.15) is 0 Å². The lowest BCUT2D eigenvalue weighted by Gasteiger charge is -2.37. The first-order chi connectivity index (χ1) is 9.32. The smallest absolute Gasteiger partial charge is 0.406 e. The molecule has 2 N–H and O–H groups in total. The SMILES string of the molecule is CCC1CCC(N)(c2cccc(OC(F)(F)F)c2)CC1. The van der Waals surface area contributed by atoms with E-state index in [0.717, 1.165) is 37.7 Å². The predicted octanol–water partition coefficient (Wildman–Crippen LogP) is 4.34. The summed E-state index contributed by atoms with van der Waals surface area (Å²) >= 11 is 0. The van der Waals surface area contributed by atoms with Gasteiger partial charge in [0.15, 0.2) is 0 Å². The molecule has 0 heterocycles. The molecule has 0 atom stereocenters. The molecular weight excluding hydrogens is 267 g/mol. The van der Waals surface area contributed by atoms with Crippen LogP contribution in [0.4, 0.5) is 13.2 Å². The summed E-state index contributed by atoms with van der Waals surface area (Å²) in [5.41, 5.74) is 6.59. The van der Waals surface area contributed by atoms with Crippen LogP contribution in [-0.2, 0) is 5.54 Å². The monoisotopic (exact) mass is 287 g/mol. The van der Waals surface area contributed by atoms with Crippen LogP contribution in [0.5, 0.6) is 5.75 Å². The van der Waals surface area contributed by atoms with E-state index in [1.54, 1.807) is 12.1 Å². The Morgan fingerprint density at radius 2 is 1.95 bits per heavy atom. The van der Waals surface area contributed by atoms with Crippen molar-refractivity contribution < 1.29 is 17.9 Å². The van der Waals surface area contributed by atoms with Gasteiger partial charge in [0.2, 0.25) is 0 Å². The third-order valence-electron chi connectivity index (χ3n) is 4.22. The molecule has 1 aromatic rings. The van der Waals surface area contributed by atoms with Crippen molar-refractivity contribution in [3.8, 4) is 5.75 Å². The summed E-state index contributed by atoms with van der Waals surface area (Å²) < 4.78 is 40.7. The van der Waals surface area contributed by atoms with E-state index in [9.17, 15) is 13.2 Å². The van der Waals surface area contributed by atoms with Crippen LogP contribution in [0.15, 0.2) is 24.3 Å². The van der Waals surface area contributed by atoms with Crippen LogP contribution in [0, 0.1) is 5.92 Å². The lowest BCUT2D eigenvalue weighted by atomic mass is 9.73. The summed E-state index contributed by atoms with van der Waals surface area (Å²) in [6.45, 7) is 2.16. The first-order valence-corrected chi connectivity index (χ1v) is 6.97. The van der Waals surface area contributed by atoms with Crippen molar-refractivity contribution in [2.75, 3.05) is 0 Å². The van der Waals surface area contributed by atoms with E-state index in [2.05, 4.69) is 11.7 Å². The molecule has 0 aliphatic heterocycles. The predicted molar refractivity (Wildman–Crippen MR) is 71.2 cm³/mol. The molecule has 20 heavy (non-hydrogen) atoms. The van der Waals surface area contributed by atoms with Gasteiger partial charge >= 0.3 is 6.36 Å². The van der Waals surface area contributed by atoms with E-state index in [0.29, 0.717) is 5.92 Å². The Bertz CT molecular complexity index is 451. The minimum atomic E-state index is -4.67. The van der Waals surface area contributed by atoms with Gasteiger partial charge in [-0.3, -0.25) is 0 Å². The molecule has 0 aromatic heterocycles. The van der Waals surface area contributed by atoms with E-state index >= 15 is 0 Å². The number of ether oxygens (including phenoxy) is 1. The Labute approximate surface area is 117 Å². The molecule has 0 bridgehead atoms. The molecule has 1 aliphatic carbocycles. The van der Waals surface area contributed by atoms with Gasteiger partial charge in [0.1, 0.15) is 5.75 Å². The maximum absolute atomic E-state index is 12.3. The number of hydrogen-bond acceptors (Lipinski definition) is 2. The Morgan fingerprint density at radius 3 is 2.50 bits per heavy atom. The van der Waals surface area contributed by atoms with Crippen LogP contribution >= 0.6 is 0 Å². The van der Waals surface area contributed by atoms with Gasteiger partial charge in [-0.15, -0.1) is 13.2 Å². The first-order valence-electron chi connectivity index (χ1n) is 6.97. The zero-order valence-electron chi connectivity index (χ0n) is 11.5. The van der Waals surface area contributed by atoms with Crippen molar-refractivity contribution in [1.29, 1.82) is 0 Å². The second-order valence-corrected chi connectivity index (χ2v) is 5.58. The second-order valence-electron chi connectivity index (χ2n) is 5.58. The molecule has 0 spiro atoms. The molecule has 0 saturated heterocycles. The number of rotatable bonds is 3. The van der Waals surface area contributed by atoms with Crippen LogP contribution in [0.3, 0.4) is 0 Å². The number of hydrogen-bond donors (Lipinski definition) is 1. The third kappa shape index (κ3) is 3.66. The number of alkyl halides is 3. The van der Waals surface area contributed by atoms with Crippen LogP contribution in [0.2, 0.25) is 0 Å². The Hall–Kier alpha value is -1.23. The summed E-state index contributed by atoms with van der Waals surface area (Å²) in [7, 11) is 0. The Kier molecular flexibility index (Phi) is 4.28. The van der Waals surface area contributed by atoms with Gasteiger partial charge in [0, 0.05) is 5.54 Å². The molecule has 1 aromatic carbocycles. The molecule has 1 aliphatic rings. The maximum Gasteiger partial charge on any atom is 0.573 e. The molecule has 2 nitrogen and oxygen atoms in total. The summed E-state index contributed by atoms with van der Waals surface area (Å²) in [5, 5.41) is 0. The number of benzene rings is 1. The van der Waals surface area contributed by atoms with Crippen LogP contribution in [-0.4, -0.2) is 6.36 Å². The highest BCUT2D eigenvalue weighted by atomic mass is 19.4. The minimum Gasteiger partial charge on any atom is -0.406 e. The van der Waals surface area contributed by atoms with E-state index in [4.69, 9.17) is 5.73 Å². The fourth-order valence-corrected chi connectivity index (χ4v) is 2.89. The highest BCUT2D eigenvalue weighted by Crippen LogP contribution is 2.39. The second kappa shape index (κ2) is 5.64. The molecule has 0 amide bonds. The van der Waals surface area contributed by atoms with Crippen molar-refractivity contribution >= 4 is 0 Å². The van der Waals surface area contributed by atoms with Crippen molar-refractivity contribution in [3.05, 3.63) is 29.8 Å². The summed E-state index contributed by atoms with van der Waals surface area (Å²) in [5.74, 6) is 0.485. The zero-order valence-corrected chi connectivity index (χ0v) is 11.5. The molecule has 112 valence electrons. The van der Waals surface area contributed by atoms with Crippen LogP contribution in [0.25, 0.3) is 0 Å². The van der Waals surface area contributed by atoms with E-state index in [-0.39, 0.29) is 5.75 Å². The molecule has 1 fully saturated rings. The van der Waals surface area contributed by atoms with Crippen molar-refractivity contribution in [1.82, 2.24) is 0 Å². The summed E-state index contributed by atoms with van der Waals surface area (Å²) in [6, 6.07) is 6.07. The molecule has 5 heteroatoms. The molecule has 2 rings (SSSR count). The average Bonchev–Trinajstić information content (AvgIpc) is 2.38. The fourth-order valence-electron chi connectivity index (χ4n) is 2.89. The standard InChI is InChI=1S/C15H20F3NO/c1-2-11-6-8-14(19,9-7-11)12-4-3-5-13(10-12)20-15(16,17)18/h3-5,10-11H,2,6-9,19H2,1H3. The lowest BCUT2D eigenvalue weighted by molar-refractivity contribution is -0.274.